The molecule has 1 fully saturated rings. The molecule has 16 heavy (non-hydrogen) atoms. The topological polar surface area (TPSA) is 26.0 Å². The van der Waals surface area contributed by atoms with E-state index in [1.165, 1.54) is 12.1 Å². The summed E-state index contributed by atoms with van der Waals surface area (Å²) in [5.41, 5.74) is 4.78. The minimum atomic E-state index is -4.33. The molecule has 2 N–H and O–H groups in total. The molecule has 1 atom stereocenters. The molecule has 0 aromatic heterocycles. The van der Waals surface area contributed by atoms with Gasteiger partial charge in [-0.3, -0.25) is 0 Å². The molecule has 1 aromatic rings. The number of alkyl halides is 3. The van der Waals surface area contributed by atoms with Gasteiger partial charge in [-0.1, -0.05) is 18.2 Å². The Morgan fingerprint density at radius 3 is 2.06 bits per heavy atom. The summed E-state index contributed by atoms with van der Waals surface area (Å²) in [5.74, 6) is 0.177. The molecule has 1 unspecified atom stereocenters. The number of benzene rings is 1. The third-order valence-corrected chi connectivity index (χ3v) is 3.24. The normalized spacial score (nSPS) is 20.6. The largest absolute Gasteiger partial charge is 0.416 e. The fourth-order valence-corrected chi connectivity index (χ4v) is 2.10. The van der Waals surface area contributed by atoms with Crippen LogP contribution in [0.4, 0.5) is 13.2 Å². The Kier molecular flexibility index (Phi) is 2.49. The summed E-state index contributed by atoms with van der Waals surface area (Å²) in [7, 11) is 0. The highest BCUT2D eigenvalue weighted by atomic mass is 19.4. The van der Waals surface area contributed by atoms with E-state index in [1.807, 2.05) is 0 Å². The molecule has 0 heterocycles. The van der Waals surface area contributed by atoms with Crippen LogP contribution in [0.5, 0.6) is 0 Å². The molecule has 0 saturated heterocycles. The molecule has 1 nitrogen and oxygen atoms in total. The van der Waals surface area contributed by atoms with E-state index in [0.29, 0.717) is 0 Å². The lowest BCUT2D eigenvalue weighted by atomic mass is 9.85. The van der Waals surface area contributed by atoms with Crippen LogP contribution in [-0.2, 0) is 11.7 Å². The number of hydrogen-bond acceptors (Lipinski definition) is 1. The maximum absolute atomic E-state index is 12.8. The van der Waals surface area contributed by atoms with Crippen molar-refractivity contribution in [2.45, 2.75) is 31.5 Å². The van der Waals surface area contributed by atoms with Crippen LogP contribution in [-0.4, -0.2) is 0 Å². The van der Waals surface area contributed by atoms with Gasteiger partial charge in [0.05, 0.1) is 5.56 Å². The summed E-state index contributed by atoms with van der Waals surface area (Å²) in [6.45, 7) is 1.69. The van der Waals surface area contributed by atoms with Crippen LogP contribution in [0.3, 0.4) is 0 Å². The van der Waals surface area contributed by atoms with Crippen LogP contribution >= 0.6 is 0 Å². The van der Waals surface area contributed by atoms with E-state index in [9.17, 15) is 13.2 Å². The Bertz CT molecular complexity index is 391. The average molecular weight is 229 g/mol. The first-order valence-corrected chi connectivity index (χ1v) is 5.29. The van der Waals surface area contributed by atoms with Crippen molar-refractivity contribution in [3.63, 3.8) is 0 Å². The maximum atomic E-state index is 12.8. The van der Waals surface area contributed by atoms with Crippen molar-refractivity contribution < 1.29 is 13.2 Å². The van der Waals surface area contributed by atoms with E-state index in [2.05, 4.69) is 0 Å². The SMILES string of the molecule is CC(N)(c1ccccc1C(F)(F)F)C1CC1. The van der Waals surface area contributed by atoms with Crippen LogP contribution < -0.4 is 5.73 Å². The van der Waals surface area contributed by atoms with Crippen molar-refractivity contribution in [1.82, 2.24) is 0 Å². The van der Waals surface area contributed by atoms with E-state index in [4.69, 9.17) is 5.73 Å². The lowest BCUT2D eigenvalue weighted by Crippen LogP contribution is -2.37. The minimum absolute atomic E-state index is 0.177. The van der Waals surface area contributed by atoms with E-state index >= 15 is 0 Å². The second kappa shape index (κ2) is 3.48. The van der Waals surface area contributed by atoms with Gasteiger partial charge < -0.3 is 5.73 Å². The quantitative estimate of drug-likeness (QED) is 0.827. The Labute approximate surface area is 92.5 Å². The second-order valence-corrected chi connectivity index (χ2v) is 4.60. The Hall–Kier alpha value is -1.03. The molecule has 1 aliphatic carbocycles. The number of rotatable bonds is 2. The fraction of sp³-hybridized carbons (Fsp3) is 0.500. The summed E-state index contributed by atoms with van der Waals surface area (Å²) in [4.78, 5) is 0. The Balaban J connectivity index is 2.48. The number of hydrogen-bond donors (Lipinski definition) is 1. The van der Waals surface area contributed by atoms with E-state index in [1.54, 1.807) is 13.0 Å². The van der Waals surface area contributed by atoms with Gasteiger partial charge in [-0.25, -0.2) is 0 Å². The van der Waals surface area contributed by atoms with E-state index in [0.717, 1.165) is 18.9 Å². The average Bonchev–Trinajstić information content (AvgIpc) is 2.99. The predicted molar refractivity (Wildman–Crippen MR) is 55.7 cm³/mol. The molecule has 0 spiro atoms. The van der Waals surface area contributed by atoms with Gasteiger partial charge in [0.2, 0.25) is 0 Å². The number of halogens is 3. The summed E-state index contributed by atoms with van der Waals surface area (Å²) in [5, 5.41) is 0. The molecule has 0 radical (unpaired) electrons. The molecule has 2 rings (SSSR count). The lowest BCUT2D eigenvalue weighted by Gasteiger charge is -2.28. The van der Waals surface area contributed by atoms with Crippen LogP contribution in [0.2, 0.25) is 0 Å². The second-order valence-electron chi connectivity index (χ2n) is 4.60. The Morgan fingerprint density at radius 2 is 1.62 bits per heavy atom. The van der Waals surface area contributed by atoms with Crippen LogP contribution in [0, 0.1) is 5.92 Å². The molecule has 1 aromatic carbocycles. The van der Waals surface area contributed by atoms with Gasteiger partial charge in [-0.15, -0.1) is 0 Å². The van der Waals surface area contributed by atoms with Gasteiger partial charge in [0.25, 0.3) is 0 Å². The fourth-order valence-electron chi connectivity index (χ4n) is 2.10. The molecular weight excluding hydrogens is 215 g/mol. The standard InChI is InChI=1S/C12H14F3N/c1-11(16,8-6-7-8)9-4-2-3-5-10(9)12(13,14)15/h2-5,8H,6-7,16H2,1H3. The highest BCUT2D eigenvalue weighted by Crippen LogP contribution is 2.46. The first-order chi connectivity index (χ1) is 7.33. The van der Waals surface area contributed by atoms with Crippen molar-refractivity contribution in [1.29, 1.82) is 0 Å². The highest BCUT2D eigenvalue weighted by molar-refractivity contribution is 5.36. The molecule has 0 bridgehead atoms. The smallest absolute Gasteiger partial charge is 0.321 e. The van der Waals surface area contributed by atoms with Crippen LogP contribution in [0.25, 0.3) is 0 Å². The molecule has 4 heteroatoms. The van der Waals surface area contributed by atoms with Crippen LogP contribution in [0.15, 0.2) is 24.3 Å². The van der Waals surface area contributed by atoms with E-state index in [-0.39, 0.29) is 11.5 Å². The Morgan fingerprint density at radius 1 is 1.12 bits per heavy atom. The predicted octanol–water partition coefficient (Wildman–Crippen LogP) is 3.29. The molecule has 0 aliphatic heterocycles. The zero-order valence-corrected chi connectivity index (χ0v) is 9.01. The molecule has 1 saturated carbocycles. The van der Waals surface area contributed by atoms with Gasteiger partial charge >= 0.3 is 6.18 Å². The maximum Gasteiger partial charge on any atom is 0.416 e. The monoisotopic (exact) mass is 229 g/mol. The number of nitrogens with two attached hydrogens (primary N) is 1. The van der Waals surface area contributed by atoms with Gasteiger partial charge in [0.1, 0.15) is 0 Å². The summed E-state index contributed by atoms with van der Waals surface area (Å²) in [6.07, 6.45) is -2.50. The van der Waals surface area contributed by atoms with Crippen molar-refractivity contribution in [3.8, 4) is 0 Å². The third-order valence-electron chi connectivity index (χ3n) is 3.24. The first-order valence-electron chi connectivity index (χ1n) is 5.29. The van der Waals surface area contributed by atoms with Crippen molar-refractivity contribution in [2.24, 2.45) is 11.7 Å². The van der Waals surface area contributed by atoms with Gasteiger partial charge in [-0.05, 0) is 37.3 Å². The minimum Gasteiger partial charge on any atom is -0.321 e. The lowest BCUT2D eigenvalue weighted by molar-refractivity contribution is -0.138. The van der Waals surface area contributed by atoms with Crippen molar-refractivity contribution in [3.05, 3.63) is 35.4 Å². The van der Waals surface area contributed by atoms with Gasteiger partial charge in [-0.2, -0.15) is 13.2 Å². The van der Waals surface area contributed by atoms with E-state index < -0.39 is 17.3 Å². The third kappa shape index (κ3) is 1.94. The van der Waals surface area contributed by atoms with Gasteiger partial charge in [0, 0.05) is 5.54 Å². The molecule has 88 valence electrons. The van der Waals surface area contributed by atoms with Gasteiger partial charge in [0.15, 0.2) is 0 Å². The summed E-state index contributed by atoms with van der Waals surface area (Å²) in [6, 6.07) is 5.59. The van der Waals surface area contributed by atoms with Crippen molar-refractivity contribution in [2.75, 3.05) is 0 Å². The molecule has 1 aliphatic rings. The molecule has 0 amide bonds. The van der Waals surface area contributed by atoms with Crippen LogP contribution in [0.1, 0.15) is 30.9 Å². The molecular formula is C12H14F3N. The summed E-state index contributed by atoms with van der Waals surface area (Å²) < 4.78 is 38.4. The first kappa shape index (κ1) is 11.5. The zero-order valence-electron chi connectivity index (χ0n) is 9.01. The van der Waals surface area contributed by atoms with Crippen molar-refractivity contribution >= 4 is 0 Å². The summed E-state index contributed by atoms with van der Waals surface area (Å²) >= 11 is 0. The highest BCUT2D eigenvalue weighted by Gasteiger charge is 2.44. The zero-order chi connectivity index (χ0) is 12.0.